The van der Waals surface area contributed by atoms with Gasteiger partial charge in [0.1, 0.15) is 0 Å². The van der Waals surface area contributed by atoms with Gasteiger partial charge in [-0.15, -0.1) is 0 Å². The van der Waals surface area contributed by atoms with Crippen LogP contribution < -0.4 is 5.32 Å². The Morgan fingerprint density at radius 3 is 2.56 bits per heavy atom. The first kappa shape index (κ1) is 15.8. The lowest BCUT2D eigenvalue weighted by Crippen LogP contribution is -2.35. The second-order valence-corrected chi connectivity index (χ2v) is 4.98. The van der Waals surface area contributed by atoms with Crippen LogP contribution in [0.1, 0.15) is 32.6 Å². The van der Waals surface area contributed by atoms with Crippen LogP contribution in [0.2, 0.25) is 0 Å². The van der Waals surface area contributed by atoms with E-state index in [-0.39, 0.29) is 5.91 Å². The quantitative estimate of drug-likeness (QED) is 0.598. The summed E-state index contributed by atoms with van der Waals surface area (Å²) < 4.78 is 0. The molecule has 0 radical (unpaired) electrons. The topological polar surface area (TPSA) is 32.3 Å². The summed E-state index contributed by atoms with van der Waals surface area (Å²) in [6.45, 7) is 4.22. The van der Waals surface area contributed by atoms with E-state index >= 15 is 0 Å². The van der Waals surface area contributed by atoms with Gasteiger partial charge in [0.05, 0.1) is 6.54 Å². The third-order valence-electron chi connectivity index (χ3n) is 2.63. The van der Waals surface area contributed by atoms with E-state index in [1.165, 1.54) is 31.4 Å². The van der Waals surface area contributed by atoms with Crippen LogP contribution in [0, 0.1) is 0 Å². The molecule has 0 unspecified atom stereocenters. The van der Waals surface area contributed by atoms with Crippen molar-refractivity contribution in [2.45, 2.75) is 32.6 Å². The molecular formula is C12H26N2OS. The predicted octanol–water partition coefficient (Wildman–Crippen LogP) is 1.98. The first-order valence-electron chi connectivity index (χ1n) is 6.16. The molecule has 3 nitrogen and oxygen atoms in total. The first-order valence-corrected chi connectivity index (χ1v) is 7.55. The highest BCUT2D eigenvalue weighted by Gasteiger charge is 2.04. The second-order valence-electron chi connectivity index (χ2n) is 3.99. The fraction of sp³-hybridized carbons (Fsp3) is 0.917. The van der Waals surface area contributed by atoms with Gasteiger partial charge in [-0.05, 0) is 38.3 Å². The van der Waals surface area contributed by atoms with Crippen molar-refractivity contribution >= 4 is 17.7 Å². The molecule has 0 aromatic rings. The van der Waals surface area contributed by atoms with Gasteiger partial charge in [-0.1, -0.05) is 12.8 Å². The molecule has 16 heavy (non-hydrogen) atoms. The molecule has 4 heteroatoms. The molecule has 0 aromatic heterocycles. The lowest BCUT2D eigenvalue weighted by Gasteiger charge is -2.14. The van der Waals surface area contributed by atoms with Crippen molar-refractivity contribution in [3.8, 4) is 0 Å². The molecule has 0 heterocycles. The van der Waals surface area contributed by atoms with Crippen LogP contribution >= 0.6 is 11.8 Å². The van der Waals surface area contributed by atoms with Gasteiger partial charge in [0.15, 0.2) is 0 Å². The smallest absolute Gasteiger partial charge is 0.236 e. The SMILES string of the molecule is CCN(C)C(=O)CNCCCCCCSC. The number of rotatable bonds is 10. The molecule has 1 amide bonds. The van der Waals surface area contributed by atoms with Crippen molar-refractivity contribution < 1.29 is 4.79 Å². The van der Waals surface area contributed by atoms with Crippen LogP contribution in [0.4, 0.5) is 0 Å². The highest BCUT2D eigenvalue weighted by atomic mass is 32.2. The number of nitrogens with one attached hydrogen (secondary N) is 1. The number of amides is 1. The molecule has 0 atom stereocenters. The summed E-state index contributed by atoms with van der Waals surface area (Å²) in [5.41, 5.74) is 0. The maximum Gasteiger partial charge on any atom is 0.236 e. The Bertz CT molecular complexity index is 176. The van der Waals surface area contributed by atoms with Gasteiger partial charge in [-0.2, -0.15) is 11.8 Å². The summed E-state index contributed by atoms with van der Waals surface area (Å²) in [6, 6.07) is 0. The molecule has 0 aliphatic heterocycles. The van der Waals surface area contributed by atoms with Crippen LogP contribution in [0.15, 0.2) is 0 Å². The monoisotopic (exact) mass is 246 g/mol. The Morgan fingerprint density at radius 2 is 1.94 bits per heavy atom. The highest BCUT2D eigenvalue weighted by molar-refractivity contribution is 7.98. The number of thioether (sulfide) groups is 1. The van der Waals surface area contributed by atoms with Gasteiger partial charge in [-0.25, -0.2) is 0 Å². The van der Waals surface area contributed by atoms with E-state index in [1.54, 1.807) is 4.90 Å². The molecule has 0 spiro atoms. The first-order chi connectivity index (χ1) is 7.72. The number of hydrogen-bond acceptors (Lipinski definition) is 3. The third kappa shape index (κ3) is 9.04. The number of carbonyl (C=O) groups excluding carboxylic acids is 1. The minimum absolute atomic E-state index is 0.185. The van der Waals surface area contributed by atoms with E-state index in [0.29, 0.717) is 6.54 Å². The standard InChI is InChI=1S/C12H26N2OS/c1-4-14(2)12(15)11-13-9-7-5-6-8-10-16-3/h13H,4-11H2,1-3H3. The zero-order chi connectivity index (χ0) is 12.2. The van der Waals surface area contributed by atoms with Crippen molar-refractivity contribution in [3.63, 3.8) is 0 Å². The molecule has 1 N–H and O–H groups in total. The Morgan fingerprint density at radius 1 is 1.25 bits per heavy atom. The summed E-state index contributed by atoms with van der Waals surface area (Å²) in [7, 11) is 1.84. The number of likely N-dealkylation sites (N-methyl/N-ethyl adjacent to an activating group) is 1. The van der Waals surface area contributed by atoms with E-state index in [1.807, 2.05) is 25.7 Å². The van der Waals surface area contributed by atoms with Gasteiger partial charge in [0.2, 0.25) is 5.91 Å². The second kappa shape index (κ2) is 11.3. The van der Waals surface area contributed by atoms with Crippen molar-refractivity contribution in [2.75, 3.05) is 38.7 Å². The summed E-state index contributed by atoms with van der Waals surface area (Å²) >= 11 is 1.91. The average Bonchev–Trinajstić information content (AvgIpc) is 2.31. The Labute approximate surface area is 104 Å². The van der Waals surface area contributed by atoms with E-state index in [9.17, 15) is 4.79 Å². The molecule has 0 aliphatic carbocycles. The minimum atomic E-state index is 0.185. The number of nitrogens with zero attached hydrogens (tertiary/aromatic N) is 1. The van der Waals surface area contributed by atoms with Gasteiger partial charge in [0, 0.05) is 13.6 Å². The van der Waals surface area contributed by atoms with Gasteiger partial charge in [0.25, 0.3) is 0 Å². The average molecular weight is 246 g/mol. The van der Waals surface area contributed by atoms with E-state index in [0.717, 1.165) is 13.1 Å². The zero-order valence-electron chi connectivity index (χ0n) is 10.9. The number of hydrogen-bond donors (Lipinski definition) is 1. The van der Waals surface area contributed by atoms with Crippen molar-refractivity contribution in [2.24, 2.45) is 0 Å². The molecule has 0 rings (SSSR count). The molecule has 96 valence electrons. The molecule has 0 saturated heterocycles. The van der Waals surface area contributed by atoms with Crippen LogP contribution in [0.5, 0.6) is 0 Å². The number of carbonyl (C=O) groups is 1. The predicted molar refractivity (Wildman–Crippen MR) is 73.0 cm³/mol. The molecule has 0 aromatic carbocycles. The van der Waals surface area contributed by atoms with Gasteiger partial charge < -0.3 is 10.2 Å². The number of unbranched alkanes of at least 4 members (excludes halogenated alkanes) is 3. The lowest BCUT2D eigenvalue weighted by molar-refractivity contribution is -0.128. The normalized spacial score (nSPS) is 10.4. The largest absolute Gasteiger partial charge is 0.345 e. The zero-order valence-corrected chi connectivity index (χ0v) is 11.7. The fourth-order valence-electron chi connectivity index (χ4n) is 1.36. The molecule has 0 fully saturated rings. The Balaban J connectivity index is 3.18. The molecule has 0 bridgehead atoms. The summed E-state index contributed by atoms with van der Waals surface area (Å²) in [4.78, 5) is 13.2. The highest BCUT2D eigenvalue weighted by Crippen LogP contribution is 2.03. The van der Waals surface area contributed by atoms with Crippen LogP contribution in [0.25, 0.3) is 0 Å². The van der Waals surface area contributed by atoms with E-state index in [2.05, 4.69) is 11.6 Å². The van der Waals surface area contributed by atoms with Gasteiger partial charge >= 0.3 is 0 Å². The Kier molecular flexibility index (Phi) is 11.1. The molecular weight excluding hydrogens is 220 g/mol. The minimum Gasteiger partial charge on any atom is -0.345 e. The van der Waals surface area contributed by atoms with E-state index < -0.39 is 0 Å². The van der Waals surface area contributed by atoms with Gasteiger partial charge in [-0.3, -0.25) is 4.79 Å². The Hall–Kier alpha value is -0.220. The lowest BCUT2D eigenvalue weighted by atomic mass is 10.2. The fourth-order valence-corrected chi connectivity index (χ4v) is 1.85. The van der Waals surface area contributed by atoms with Crippen LogP contribution in [0.3, 0.4) is 0 Å². The van der Waals surface area contributed by atoms with Crippen molar-refractivity contribution in [1.29, 1.82) is 0 Å². The van der Waals surface area contributed by atoms with Crippen molar-refractivity contribution in [3.05, 3.63) is 0 Å². The maximum atomic E-state index is 11.4. The van der Waals surface area contributed by atoms with E-state index in [4.69, 9.17) is 0 Å². The third-order valence-corrected chi connectivity index (χ3v) is 3.33. The van der Waals surface area contributed by atoms with Crippen LogP contribution in [-0.4, -0.2) is 49.5 Å². The maximum absolute atomic E-state index is 11.4. The van der Waals surface area contributed by atoms with Crippen molar-refractivity contribution in [1.82, 2.24) is 10.2 Å². The van der Waals surface area contributed by atoms with Crippen LogP contribution in [-0.2, 0) is 4.79 Å². The molecule has 0 aliphatic rings. The summed E-state index contributed by atoms with van der Waals surface area (Å²) in [6.07, 6.45) is 7.23. The molecule has 0 saturated carbocycles. The summed E-state index contributed by atoms with van der Waals surface area (Å²) in [5, 5.41) is 3.19. The summed E-state index contributed by atoms with van der Waals surface area (Å²) in [5.74, 6) is 1.46.